The van der Waals surface area contributed by atoms with Gasteiger partial charge in [0.1, 0.15) is 0 Å². The number of carboxylic acid groups (broad SMARTS) is 1. The molecule has 2 atom stereocenters. The molecule has 1 rings (SSSR count). The number of carboxylic acids is 1. The molecular weight excluding hydrogens is 272 g/mol. The molecule has 2 N–H and O–H groups in total. The minimum absolute atomic E-state index is 0.0947. The van der Waals surface area contributed by atoms with Crippen LogP contribution in [-0.2, 0) is 14.3 Å². The molecule has 1 aliphatic carbocycles. The number of aliphatic carboxylic acids is 1. The van der Waals surface area contributed by atoms with Crippen LogP contribution in [0.2, 0.25) is 0 Å². The summed E-state index contributed by atoms with van der Waals surface area (Å²) in [6.45, 7) is 2.51. The summed E-state index contributed by atoms with van der Waals surface area (Å²) < 4.78 is 10.5. The van der Waals surface area contributed by atoms with Crippen LogP contribution in [0.4, 0.5) is 0 Å². The van der Waals surface area contributed by atoms with Crippen molar-refractivity contribution < 1.29 is 24.5 Å². The maximum Gasteiger partial charge on any atom is 0.309 e. The zero-order valence-electron chi connectivity index (χ0n) is 13.3. The van der Waals surface area contributed by atoms with E-state index in [4.69, 9.17) is 9.47 Å². The highest BCUT2D eigenvalue weighted by Crippen LogP contribution is 2.38. The van der Waals surface area contributed by atoms with Crippen molar-refractivity contribution >= 4 is 5.97 Å². The Morgan fingerprint density at radius 3 is 2.24 bits per heavy atom. The minimum atomic E-state index is -0.784. The molecule has 1 aliphatic rings. The average Bonchev–Trinajstić information content (AvgIpc) is 2.40. The number of aliphatic hydroxyl groups is 1. The fourth-order valence-corrected chi connectivity index (χ4v) is 3.16. The number of carbonyl (C=O) groups is 1. The molecule has 0 saturated heterocycles. The summed E-state index contributed by atoms with van der Waals surface area (Å²) in [5.74, 6) is -0.770. The van der Waals surface area contributed by atoms with Crippen LogP contribution in [0.25, 0.3) is 0 Å². The number of methoxy groups -OCH3 is 1. The Labute approximate surface area is 127 Å². The number of ether oxygens (including phenoxy) is 2. The van der Waals surface area contributed by atoms with E-state index in [0.717, 1.165) is 25.7 Å². The lowest BCUT2D eigenvalue weighted by Crippen LogP contribution is -2.37. The van der Waals surface area contributed by atoms with Gasteiger partial charge in [-0.15, -0.1) is 0 Å². The molecule has 0 aliphatic heterocycles. The van der Waals surface area contributed by atoms with E-state index < -0.39 is 17.5 Å². The molecule has 5 heteroatoms. The summed E-state index contributed by atoms with van der Waals surface area (Å²) in [5, 5.41) is 19.8. The van der Waals surface area contributed by atoms with Gasteiger partial charge < -0.3 is 19.7 Å². The minimum Gasteiger partial charge on any atom is -0.481 e. The second-order valence-electron chi connectivity index (χ2n) is 6.31. The lowest BCUT2D eigenvalue weighted by atomic mass is 9.72. The van der Waals surface area contributed by atoms with Gasteiger partial charge in [0.15, 0.2) is 0 Å². The van der Waals surface area contributed by atoms with Crippen molar-refractivity contribution in [2.24, 2.45) is 5.41 Å². The van der Waals surface area contributed by atoms with E-state index in [0.29, 0.717) is 19.4 Å². The molecule has 0 aromatic heterocycles. The van der Waals surface area contributed by atoms with Crippen LogP contribution in [-0.4, -0.2) is 48.7 Å². The van der Waals surface area contributed by atoms with Crippen LogP contribution in [0, 0.1) is 5.41 Å². The van der Waals surface area contributed by atoms with Crippen molar-refractivity contribution in [3.05, 3.63) is 0 Å². The van der Waals surface area contributed by atoms with Crippen molar-refractivity contribution in [2.75, 3.05) is 20.3 Å². The average molecular weight is 302 g/mol. The Kier molecular flexibility index (Phi) is 8.22. The van der Waals surface area contributed by atoms with Crippen LogP contribution in [0.1, 0.15) is 58.3 Å². The van der Waals surface area contributed by atoms with Gasteiger partial charge >= 0.3 is 5.97 Å². The van der Waals surface area contributed by atoms with E-state index in [1.807, 2.05) is 6.92 Å². The van der Waals surface area contributed by atoms with Crippen molar-refractivity contribution in [3.63, 3.8) is 0 Å². The molecule has 0 aromatic carbocycles. The number of hydrogen-bond donors (Lipinski definition) is 2. The lowest BCUT2D eigenvalue weighted by Gasteiger charge is -2.33. The monoisotopic (exact) mass is 302 g/mol. The molecule has 1 saturated carbocycles. The molecule has 124 valence electrons. The van der Waals surface area contributed by atoms with E-state index in [9.17, 15) is 15.0 Å². The summed E-state index contributed by atoms with van der Waals surface area (Å²) in [5.41, 5.74) is -0.784. The largest absolute Gasteiger partial charge is 0.481 e. The van der Waals surface area contributed by atoms with Crippen LogP contribution < -0.4 is 0 Å². The predicted molar refractivity (Wildman–Crippen MR) is 80.3 cm³/mol. The highest BCUT2D eigenvalue weighted by Gasteiger charge is 2.39. The number of hydrogen-bond acceptors (Lipinski definition) is 4. The van der Waals surface area contributed by atoms with Crippen molar-refractivity contribution in [2.45, 2.75) is 70.5 Å². The Bertz CT molecular complexity index is 297. The molecule has 0 spiro atoms. The second-order valence-corrected chi connectivity index (χ2v) is 6.31. The van der Waals surface area contributed by atoms with E-state index in [2.05, 4.69) is 0 Å². The summed E-state index contributed by atoms with van der Waals surface area (Å²) in [4.78, 5) is 11.7. The first-order valence-electron chi connectivity index (χ1n) is 8.02. The highest BCUT2D eigenvalue weighted by atomic mass is 16.5. The van der Waals surface area contributed by atoms with Gasteiger partial charge in [-0.1, -0.05) is 32.1 Å². The van der Waals surface area contributed by atoms with Crippen molar-refractivity contribution in [1.29, 1.82) is 0 Å². The first kappa shape index (κ1) is 18.4. The third-order valence-corrected chi connectivity index (χ3v) is 4.37. The maximum absolute atomic E-state index is 11.7. The van der Waals surface area contributed by atoms with Gasteiger partial charge in [-0.2, -0.15) is 0 Å². The Hall–Kier alpha value is -0.650. The molecular formula is C16H30O5. The zero-order valence-corrected chi connectivity index (χ0v) is 13.3. The normalized spacial score (nSPS) is 22.0. The molecule has 0 bridgehead atoms. The van der Waals surface area contributed by atoms with Gasteiger partial charge in [0.25, 0.3) is 0 Å². The summed E-state index contributed by atoms with van der Waals surface area (Å²) in [6.07, 6.45) is 6.00. The Morgan fingerprint density at radius 1 is 1.14 bits per heavy atom. The fourth-order valence-electron chi connectivity index (χ4n) is 3.16. The van der Waals surface area contributed by atoms with Gasteiger partial charge in [0, 0.05) is 7.11 Å². The van der Waals surface area contributed by atoms with Gasteiger partial charge in [-0.05, 0) is 26.2 Å². The van der Waals surface area contributed by atoms with Crippen LogP contribution >= 0.6 is 0 Å². The Morgan fingerprint density at radius 2 is 1.71 bits per heavy atom. The standard InChI is InChI=1S/C16H30O5/c1-13(11-20-2)21-12-14(17)10-16(15(18)19)8-6-4-3-5-7-9-16/h13-14,17H,3-12H2,1-2H3,(H,18,19). The molecule has 5 nitrogen and oxygen atoms in total. The van der Waals surface area contributed by atoms with Crippen molar-refractivity contribution in [3.8, 4) is 0 Å². The second kappa shape index (κ2) is 9.38. The maximum atomic E-state index is 11.7. The molecule has 2 unspecified atom stereocenters. The smallest absolute Gasteiger partial charge is 0.309 e. The lowest BCUT2D eigenvalue weighted by molar-refractivity contribution is -0.153. The summed E-state index contributed by atoms with van der Waals surface area (Å²) >= 11 is 0. The van der Waals surface area contributed by atoms with E-state index >= 15 is 0 Å². The molecule has 0 amide bonds. The quantitative estimate of drug-likeness (QED) is 0.721. The van der Waals surface area contributed by atoms with Gasteiger partial charge in [-0.25, -0.2) is 0 Å². The van der Waals surface area contributed by atoms with E-state index in [-0.39, 0.29) is 19.1 Å². The predicted octanol–water partition coefficient (Wildman–Crippen LogP) is 2.60. The molecule has 1 fully saturated rings. The number of rotatable bonds is 8. The van der Waals surface area contributed by atoms with Gasteiger partial charge in [0.05, 0.1) is 30.8 Å². The fraction of sp³-hybridized carbons (Fsp3) is 0.938. The third kappa shape index (κ3) is 6.32. The van der Waals surface area contributed by atoms with E-state index in [1.165, 1.54) is 6.42 Å². The van der Waals surface area contributed by atoms with Gasteiger partial charge in [0.2, 0.25) is 0 Å². The number of aliphatic hydroxyl groups excluding tert-OH is 1. The molecule has 0 aromatic rings. The van der Waals surface area contributed by atoms with E-state index in [1.54, 1.807) is 7.11 Å². The van der Waals surface area contributed by atoms with Gasteiger partial charge in [-0.3, -0.25) is 4.79 Å². The summed E-state index contributed by atoms with van der Waals surface area (Å²) in [6, 6.07) is 0. The SMILES string of the molecule is COCC(C)OCC(O)CC1(C(=O)O)CCCCCCC1. The van der Waals surface area contributed by atoms with Crippen LogP contribution in [0.5, 0.6) is 0 Å². The summed E-state index contributed by atoms with van der Waals surface area (Å²) in [7, 11) is 1.60. The van der Waals surface area contributed by atoms with Crippen molar-refractivity contribution in [1.82, 2.24) is 0 Å². The molecule has 0 heterocycles. The third-order valence-electron chi connectivity index (χ3n) is 4.37. The molecule has 0 radical (unpaired) electrons. The first-order chi connectivity index (χ1) is 10.00. The van der Waals surface area contributed by atoms with Crippen LogP contribution in [0.15, 0.2) is 0 Å². The van der Waals surface area contributed by atoms with Crippen LogP contribution in [0.3, 0.4) is 0 Å². The zero-order chi connectivity index (χ0) is 15.7. The Balaban J connectivity index is 2.53. The highest BCUT2D eigenvalue weighted by molar-refractivity contribution is 5.74. The first-order valence-corrected chi connectivity index (χ1v) is 8.02. The molecule has 21 heavy (non-hydrogen) atoms. The topological polar surface area (TPSA) is 76.0 Å².